The molecule has 2 aromatic rings. The van der Waals surface area contributed by atoms with Crippen LogP contribution in [0.4, 0.5) is 11.4 Å². The maximum Gasteiger partial charge on any atom is 0.329 e. The standard InChI is InChI=1S/C52H74N6O14/c1-33(2)27-41-51(65)69-35(5)47(61)53(7)32-46(60)72-44(30-38-13-17-40(18-14-38)58-21-25-68-26-22-58)50(64)56(10)42(28-34(3)4)52(66)70-36(6)48(62)54(8)31-45(59)71-43(49(63)55(41)9)29-37-11-15-39(16-12-37)57-19-23-67-24-20-57/h11-18,33-36,41-44H,19-32H2,1-10H3/t35-,36-,41+,42+,43-,44-/m1/s1. The molecule has 4 amide bonds. The molecule has 5 rings (SSSR count). The Morgan fingerprint density at radius 3 is 1.10 bits per heavy atom. The van der Waals surface area contributed by atoms with Crippen molar-refractivity contribution < 1.29 is 66.8 Å². The van der Waals surface area contributed by atoms with Gasteiger partial charge >= 0.3 is 23.9 Å². The minimum atomic E-state index is -1.48. The Labute approximate surface area is 423 Å². The smallest absolute Gasteiger partial charge is 0.329 e. The fourth-order valence-electron chi connectivity index (χ4n) is 8.76. The first kappa shape index (κ1) is 56.6. The largest absolute Gasteiger partial charge is 0.451 e. The van der Waals surface area contributed by atoms with Gasteiger partial charge in [-0.05, 0) is 73.9 Å². The highest BCUT2D eigenvalue weighted by atomic mass is 16.6. The normalized spacial score (nSPS) is 24.8. The van der Waals surface area contributed by atoms with E-state index in [-0.39, 0.29) is 37.5 Å². The second-order valence-electron chi connectivity index (χ2n) is 19.6. The molecule has 72 heavy (non-hydrogen) atoms. The molecule has 3 saturated heterocycles. The number of nitrogens with zero attached hydrogens (tertiary/aromatic N) is 6. The Bertz CT molecular complexity index is 2040. The molecule has 3 aliphatic rings. The van der Waals surface area contributed by atoms with Crippen LogP contribution in [0.15, 0.2) is 48.5 Å². The van der Waals surface area contributed by atoms with Crippen molar-refractivity contribution in [3.05, 3.63) is 59.7 Å². The van der Waals surface area contributed by atoms with E-state index < -0.39 is 97.1 Å². The van der Waals surface area contributed by atoms with E-state index in [1.54, 1.807) is 0 Å². The van der Waals surface area contributed by atoms with Gasteiger partial charge in [0.15, 0.2) is 24.4 Å². The van der Waals surface area contributed by atoms with Gasteiger partial charge in [-0.2, -0.15) is 0 Å². The number of amides is 4. The number of carbonyl (C=O) groups excluding carboxylic acids is 8. The molecule has 0 N–H and O–H groups in total. The lowest BCUT2D eigenvalue weighted by Gasteiger charge is -2.33. The number of hydrogen-bond acceptors (Lipinski definition) is 16. The van der Waals surface area contributed by atoms with Crippen molar-refractivity contribution in [1.82, 2.24) is 19.6 Å². The molecule has 0 unspecified atom stereocenters. The van der Waals surface area contributed by atoms with Crippen LogP contribution in [-0.4, -0.2) is 197 Å². The van der Waals surface area contributed by atoms with Gasteiger partial charge in [-0.15, -0.1) is 0 Å². The molecule has 20 nitrogen and oxygen atoms in total. The lowest BCUT2D eigenvalue weighted by Crippen LogP contribution is -2.52. The number of rotatable bonds is 10. The number of morpholine rings is 2. The van der Waals surface area contributed by atoms with Gasteiger partial charge in [0.25, 0.3) is 23.6 Å². The molecule has 396 valence electrons. The number of hydrogen-bond donors (Lipinski definition) is 0. The number of anilines is 2. The van der Waals surface area contributed by atoms with Crippen molar-refractivity contribution >= 4 is 58.9 Å². The van der Waals surface area contributed by atoms with Gasteiger partial charge in [0.1, 0.15) is 25.2 Å². The van der Waals surface area contributed by atoms with Crippen molar-refractivity contribution in [2.75, 3.05) is 104 Å². The fourth-order valence-corrected chi connectivity index (χ4v) is 8.76. The summed E-state index contributed by atoms with van der Waals surface area (Å²) in [5, 5.41) is 0. The number of benzene rings is 2. The summed E-state index contributed by atoms with van der Waals surface area (Å²) in [6.07, 6.45) is -5.85. The summed E-state index contributed by atoms with van der Waals surface area (Å²) < 4.78 is 34.1. The molecule has 20 heteroatoms. The van der Waals surface area contributed by atoms with Crippen LogP contribution in [0.2, 0.25) is 0 Å². The van der Waals surface area contributed by atoms with Gasteiger partial charge in [-0.25, -0.2) is 9.59 Å². The molecular weight excluding hydrogens is 933 g/mol. The molecule has 3 aliphatic heterocycles. The zero-order valence-electron chi connectivity index (χ0n) is 43.5. The van der Waals surface area contributed by atoms with Gasteiger partial charge in [-0.1, -0.05) is 52.0 Å². The molecule has 0 aliphatic carbocycles. The lowest BCUT2D eigenvalue weighted by atomic mass is 10.0. The average molecular weight is 1010 g/mol. The predicted molar refractivity (Wildman–Crippen MR) is 265 cm³/mol. The second-order valence-corrected chi connectivity index (χ2v) is 19.6. The molecule has 0 bridgehead atoms. The van der Waals surface area contributed by atoms with Crippen LogP contribution in [0.5, 0.6) is 0 Å². The minimum Gasteiger partial charge on any atom is -0.451 e. The van der Waals surface area contributed by atoms with Crippen molar-refractivity contribution in [3.8, 4) is 0 Å². The first-order valence-electron chi connectivity index (χ1n) is 24.8. The summed E-state index contributed by atoms with van der Waals surface area (Å²) in [6.45, 7) is 13.9. The summed E-state index contributed by atoms with van der Waals surface area (Å²) >= 11 is 0. The molecular formula is C52H74N6O14. The second kappa shape index (κ2) is 26.4. The van der Waals surface area contributed by atoms with Crippen molar-refractivity contribution in [3.63, 3.8) is 0 Å². The maximum atomic E-state index is 14.5. The Morgan fingerprint density at radius 1 is 0.472 bits per heavy atom. The summed E-state index contributed by atoms with van der Waals surface area (Å²) in [5.41, 5.74) is 3.16. The zero-order valence-corrected chi connectivity index (χ0v) is 43.5. The van der Waals surface area contributed by atoms with E-state index in [1.807, 2.05) is 76.2 Å². The van der Waals surface area contributed by atoms with Crippen LogP contribution in [0, 0.1) is 11.8 Å². The Kier molecular flexibility index (Phi) is 20.8. The summed E-state index contributed by atoms with van der Waals surface area (Å²) in [6, 6.07) is 12.3. The van der Waals surface area contributed by atoms with Crippen LogP contribution < -0.4 is 9.80 Å². The van der Waals surface area contributed by atoms with Crippen LogP contribution >= 0.6 is 0 Å². The van der Waals surface area contributed by atoms with E-state index in [4.69, 9.17) is 28.4 Å². The molecule has 2 aromatic carbocycles. The SMILES string of the molecule is CC(C)C[C@H]1C(=O)O[C@H](C)C(=O)N(C)CC(=O)O[C@H](Cc2ccc(N3CCOCC3)cc2)C(=O)N(C)[C@@H](CC(C)C)C(=O)O[C@H](C)C(=O)N(C)CC(=O)O[C@H](Cc2ccc(N3CCOCC3)cc2)C(=O)N1C. The van der Waals surface area contributed by atoms with Gasteiger partial charge in [0.05, 0.1) is 26.4 Å². The molecule has 3 heterocycles. The highest BCUT2D eigenvalue weighted by Crippen LogP contribution is 2.24. The quantitative estimate of drug-likeness (QED) is 0.247. The Hall–Kier alpha value is -6.28. The summed E-state index contributed by atoms with van der Waals surface area (Å²) in [7, 11) is 5.38. The van der Waals surface area contributed by atoms with Crippen molar-refractivity contribution in [1.29, 1.82) is 0 Å². The third-order valence-corrected chi connectivity index (χ3v) is 12.9. The molecule has 0 saturated carbocycles. The molecule has 0 aromatic heterocycles. The van der Waals surface area contributed by atoms with Gasteiger partial charge in [0.2, 0.25) is 0 Å². The number of esters is 4. The topological polar surface area (TPSA) is 211 Å². The number of carbonyl (C=O) groups is 8. The highest BCUT2D eigenvalue weighted by Gasteiger charge is 2.39. The summed E-state index contributed by atoms with van der Waals surface area (Å²) in [4.78, 5) is 121. The first-order valence-corrected chi connectivity index (χ1v) is 24.8. The zero-order chi connectivity index (χ0) is 52.8. The van der Waals surface area contributed by atoms with E-state index in [0.29, 0.717) is 63.7 Å². The molecule has 3 fully saturated rings. The average Bonchev–Trinajstić information content (AvgIpc) is 3.35. The number of cyclic esters (lactones) is 4. The number of likely N-dealkylation sites (N-methyl/N-ethyl adjacent to an activating group) is 4. The van der Waals surface area contributed by atoms with Gasteiger partial charge in [0, 0.05) is 78.6 Å². The monoisotopic (exact) mass is 1010 g/mol. The van der Waals surface area contributed by atoms with Gasteiger partial charge < -0.3 is 57.8 Å². The summed E-state index contributed by atoms with van der Waals surface area (Å²) in [5.74, 6) is -7.09. The van der Waals surface area contributed by atoms with E-state index >= 15 is 0 Å². The molecule has 0 radical (unpaired) electrons. The molecule has 0 spiro atoms. The van der Waals surface area contributed by atoms with Crippen LogP contribution in [0.25, 0.3) is 0 Å². The maximum absolute atomic E-state index is 14.5. The fraction of sp³-hybridized carbons (Fsp3) is 0.615. The molecule has 6 atom stereocenters. The minimum absolute atomic E-state index is 0.102. The van der Waals surface area contributed by atoms with E-state index in [9.17, 15) is 38.4 Å². The first-order chi connectivity index (χ1) is 34.1. The number of ether oxygens (including phenoxy) is 6. The van der Waals surface area contributed by atoms with E-state index in [0.717, 1.165) is 31.0 Å². The van der Waals surface area contributed by atoms with Gasteiger partial charge in [-0.3, -0.25) is 28.8 Å². The Balaban J connectivity index is 1.46. The van der Waals surface area contributed by atoms with Crippen LogP contribution in [0.3, 0.4) is 0 Å². The van der Waals surface area contributed by atoms with E-state index in [1.165, 1.54) is 42.0 Å². The van der Waals surface area contributed by atoms with Crippen molar-refractivity contribution in [2.24, 2.45) is 11.8 Å². The lowest BCUT2D eigenvalue weighted by molar-refractivity contribution is -0.173. The highest BCUT2D eigenvalue weighted by molar-refractivity contribution is 5.93. The Morgan fingerprint density at radius 2 is 0.792 bits per heavy atom. The van der Waals surface area contributed by atoms with E-state index in [2.05, 4.69) is 9.80 Å². The van der Waals surface area contributed by atoms with Crippen molar-refractivity contribution in [2.45, 2.75) is 104 Å². The third-order valence-electron chi connectivity index (χ3n) is 12.9. The predicted octanol–water partition coefficient (Wildman–Crippen LogP) is 2.51. The van der Waals surface area contributed by atoms with Crippen LogP contribution in [0.1, 0.15) is 65.5 Å². The van der Waals surface area contributed by atoms with Crippen LogP contribution in [-0.2, 0) is 79.6 Å². The third kappa shape index (κ3) is 15.9.